The minimum atomic E-state index is -0.102. The van der Waals surface area contributed by atoms with Crippen molar-refractivity contribution in [1.29, 1.82) is 0 Å². The van der Waals surface area contributed by atoms with E-state index < -0.39 is 0 Å². The number of hydrogen-bond acceptors (Lipinski definition) is 2. The first kappa shape index (κ1) is 12.0. The molecule has 0 heterocycles. The van der Waals surface area contributed by atoms with Crippen molar-refractivity contribution in [2.24, 2.45) is 0 Å². The zero-order valence-corrected chi connectivity index (χ0v) is 10.7. The maximum atomic E-state index is 11.1. The maximum Gasteiger partial charge on any atom is 0.252 e. The number of hydroxylamine groups is 2. The van der Waals surface area contributed by atoms with Crippen molar-refractivity contribution in [3.63, 3.8) is 0 Å². The van der Waals surface area contributed by atoms with Gasteiger partial charge >= 0.3 is 0 Å². The highest BCUT2D eigenvalue weighted by atomic mass is 79.9. The van der Waals surface area contributed by atoms with Crippen LogP contribution in [-0.2, 0) is 4.79 Å². The Labute approximate surface area is 98.1 Å². The highest BCUT2D eigenvalue weighted by Crippen LogP contribution is 2.21. The van der Waals surface area contributed by atoms with Crippen molar-refractivity contribution in [3.8, 4) is 5.75 Å². The summed E-state index contributed by atoms with van der Waals surface area (Å²) in [5.74, 6) is 0.564. The minimum absolute atomic E-state index is 0.102. The standard InChI is InChI=1S/C11H14BrNO2/c1-4-13(9(3)14)15-11-6-8(2)5-10(12)7-11/h5-7H,4H2,1-3H3. The van der Waals surface area contributed by atoms with Crippen LogP contribution in [-0.4, -0.2) is 17.5 Å². The third-order valence-corrected chi connectivity index (χ3v) is 2.33. The molecule has 0 spiro atoms. The van der Waals surface area contributed by atoms with Gasteiger partial charge in [-0.25, -0.2) is 0 Å². The van der Waals surface area contributed by atoms with Gasteiger partial charge in [-0.2, -0.15) is 5.06 Å². The van der Waals surface area contributed by atoms with Crippen LogP contribution in [0.2, 0.25) is 0 Å². The molecule has 82 valence electrons. The minimum Gasteiger partial charge on any atom is -0.377 e. The number of nitrogens with zero attached hydrogens (tertiary/aromatic N) is 1. The SMILES string of the molecule is CCN(Oc1cc(C)cc(Br)c1)C(C)=O. The topological polar surface area (TPSA) is 29.5 Å². The van der Waals surface area contributed by atoms with Crippen molar-refractivity contribution in [2.45, 2.75) is 20.8 Å². The first-order valence-corrected chi connectivity index (χ1v) is 5.55. The van der Waals surface area contributed by atoms with Crippen LogP contribution in [0.4, 0.5) is 0 Å². The van der Waals surface area contributed by atoms with Gasteiger partial charge in [0.2, 0.25) is 0 Å². The number of benzene rings is 1. The molecule has 0 saturated heterocycles. The summed E-state index contributed by atoms with van der Waals surface area (Å²) in [4.78, 5) is 16.6. The normalized spacial score (nSPS) is 9.87. The molecule has 0 aromatic heterocycles. The van der Waals surface area contributed by atoms with Crippen molar-refractivity contribution >= 4 is 21.8 Å². The fraction of sp³-hybridized carbons (Fsp3) is 0.364. The summed E-state index contributed by atoms with van der Waals surface area (Å²) in [5, 5.41) is 1.32. The lowest BCUT2D eigenvalue weighted by Crippen LogP contribution is -2.31. The Balaban J connectivity index is 2.83. The van der Waals surface area contributed by atoms with E-state index in [2.05, 4.69) is 15.9 Å². The molecule has 0 saturated carbocycles. The number of carbonyl (C=O) groups excluding carboxylic acids is 1. The van der Waals surface area contributed by atoms with Gasteiger partial charge in [0.25, 0.3) is 5.91 Å². The summed E-state index contributed by atoms with van der Waals surface area (Å²) >= 11 is 3.38. The van der Waals surface area contributed by atoms with Crippen LogP contribution in [0.15, 0.2) is 22.7 Å². The van der Waals surface area contributed by atoms with Gasteiger partial charge in [0.15, 0.2) is 5.75 Å². The van der Waals surface area contributed by atoms with Crippen molar-refractivity contribution in [3.05, 3.63) is 28.2 Å². The second-order valence-electron chi connectivity index (χ2n) is 3.27. The lowest BCUT2D eigenvalue weighted by atomic mass is 10.2. The van der Waals surface area contributed by atoms with E-state index in [1.165, 1.54) is 12.0 Å². The zero-order valence-electron chi connectivity index (χ0n) is 9.08. The van der Waals surface area contributed by atoms with Gasteiger partial charge in [0.05, 0.1) is 6.54 Å². The molecule has 0 aliphatic carbocycles. The fourth-order valence-electron chi connectivity index (χ4n) is 1.23. The van der Waals surface area contributed by atoms with E-state index in [9.17, 15) is 4.79 Å². The number of rotatable bonds is 3. The molecule has 0 atom stereocenters. The predicted octanol–water partition coefficient (Wildman–Crippen LogP) is 2.92. The van der Waals surface area contributed by atoms with Gasteiger partial charge in [0, 0.05) is 11.4 Å². The van der Waals surface area contributed by atoms with Crippen LogP contribution in [0, 0.1) is 6.92 Å². The molecule has 0 aliphatic rings. The maximum absolute atomic E-state index is 11.1. The van der Waals surface area contributed by atoms with E-state index in [-0.39, 0.29) is 5.91 Å². The van der Waals surface area contributed by atoms with Gasteiger partial charge in [-0.3, -0.25) is 4.79 Å². The number of amides is 1. The number of halogens is 1. The smallest absolute Gasteiger partial charge is 0.252 e. The molecule has 0 fully saturated rings. The summed E-state index contributed by atoms with van der Waals surface area (Å²) in [6.07, 6.45) is 0. The Morgan fingerprint density at radius 3 is 2.60 bits per heavy atom. The molecule has 1 aromatic rings. The van der Waals surface area contributed by atoms with Crippen LogP contribution in [0.25, 0.3) is 0 Å². The average Bonchev–Trinajstić information content (AvgIpc) is 2.12. The molecule has 1 rings (SSSR count). The van der Waals surface area contributed by atoms with Crippen LogP contribution < -0.4 is 4.84 Å². The van der Waals surface area contributed by atoms with E-state index in [0.29, 0.717) is 12.3 Å². The lowest BCUT2D eigenvalue weighted by molar-refractivity contribution is -0.153. The summed E-state index contributed by atoms with van der Waals surface area (Å²) in [5.41, 5.74) is 1.08. The largest absolute Gasteiger partial charge is 0.377 e. The quantitative estimate of drug-likeness (QED) is 0.792. The summed E-state index contributed by atoms with van der Waals surface area (Å²) in [6.45, 7) is 5.85. The van der Waals surface area contributed by atoms with E-state index in [0.717, 1.165) is 10.0 Å². The van der Waals surface area contributed by atoms with Crippen LogP contribution >= 0.6 is 15.9 Å². The molecular formula is C11H14BrNO2. The number of hydrogen-bond donors (Lipinski definition) is 0. The molecule has 0 unspecified atom stereocenters. The molecule has 1 amide bonds. The van der Waals surface area contributed by atoms with Gasteiger partial charge in [-0.05, 0) is 37.6 Å². The number of aryl methyl sites for hydroxylation is 1. The summed E-state index contributed by atoms with van der Waals surface area (Å²) in [7, 11) is 0. The molecule has 0 aliphatic heterocycles. The van der Waals surface area contributed by atoms with E-state index in [4.69, 9.17) is 4.84 Å². The Kier molecular flexibility index (Phi) is 4.15. The van der Waals surface area contributed by atoms with E-state index in [1.807, 2.05) is 32.0 Å². The Bertz CT molecular complexity index is 345. The summed E-state index contributed by atoms with van der Waals surface area (Å²) in [6, 6.07) is 5.70. The fourth-order valence-corrected chi connectivity index (χ4v) is 1.82. The van der Waals surface area contributed by atoms with Crippen LogP contribution in [0.3, 0.4) is 0 Å². The highest BCUT2D eigenvalue weighted by molar-refractivity contribution is 9.10. The second-order valence-corrected chi connectivity index (χ2v) is 4.18. The monoisotopic (exact) mass is 271 g/mol. The molecule has 3 nitrogen and oxygen atoms in total. The van der Waals surface area contributed by atoms with E-state index >= 15 is 0 Å². The van der Waals surface area contributed by atoms with Crippen LogP contribution in [0.1, 0.15) is 19.4 Å². The first-order chi connectivity index (χ1) is 7.02. The molecule has 0 radical (unpaired) electrons. The van der Waals surface area contributed by atoms with E-state index in [1.54, 1.807) is 0 Å². The third-order valence-electron chi connectivity index (χ3n) is 1.87. The molecule has 1 aromatic carbocycles. The van der Waals surface area contributed by atoms with Crippen molar-refractivity contribution in [1.82, 2.24) is 5.06 Å². The average molecular weight is 272 g/mol. The van der Waals surface area contributed by atoms with Gasteiger partial charge in [0.1, 0.15) is 0 Å². The zero-order chi connectivity index (χ0) is 11.4. The molecule has 15 heavy (non-hydrogen) atoms. The number of carbonyl (C=O) groups is 1. The van der Waals surface area contributed by atoms with Gasteiger partial charge in [-0.15, -0.1) is 0 Å². The second kappa shape index (κ2) is 5.16. The molecule has 0 N–H and O–H groups in total. The predicted molar refractivity (Wildman–Crippen MR) is 62.6 cm³/mol. The van der Waals surface area contributed by atoms with Crippen molar-refractivity contribution < 1.29 is 9.63 Å². The first-order valence-electron chi connectivity index (χ1n) is 4.76. The molecule has 4 heteroatoms. The van der Waals surface area contributed by atoms with Crippen LogP contribution in [0.5, 0.6) is 5.75 Å². The van der Waals surface area contributed by atoms with Gasteiger partial charge < -0.3 is 4.84 Å². The Hall–Kier alpha value is -1.03. The third kappa shape index (κ3) is 3.55. The highest BCUT2D eigenvalue weighted by Gasteiger charge is 2.08. The van der Waals surface area contributed by atoms with Crippen molar-refractivity contribution in [2.75, 3.05) is 6.54 Å². The molecular weight excluding hydrogens is 258 g/mol. The van der Waals surface area contributed by atoms with Gasteiger partial charge in [-0.1, -0.05) is 15.9 Å². The lowest BCUT2D eigenvalue weighted by Gasteiger charge is -2.19. The Morgan fingerprint density at radius 1 is 1.47 bits per heavy atom. The Morgan fingerprint density at radius 2 is 2.13 bits per heavy atom. The summed E-state index contributed by atoms with van der Waals surface area (Å²) < 4.78 is 0.942. The molecule has 0 bridgehead atoms.